The SMILES string of the molecule is C[C@H](NC(=O)c1cnc(-n2cccn2)c(F)c1)C(=O)N1CCC2(CC1)CC2. The Balaban J connectivity index is 1.38. The average Bonchev–Trinajstić information content (AvgIpc) is 3.19. The van der Waals surface area contributed by atoms with Crippen molar-refractivity contribution in [3.63, 3.8) is 0 Å². The zero-order valence-electron chi connectivity index (χ0n) is 15.2. The summed E-state index contributed by atoms with van der Waals surface area (Å²) in [6, 6.07) is 2.09. The monoisotopic (exact) mass is 371 g/mol. The standard InChI is InChI=1S/C19H22FN5O2/c1-13(18(27)24-9-5-19(3-4-19)6-10-24)23-17(26)14-11-15(20)16(21-12-14)25-8-2-7-22-25/h2,7-8,11-13H,3-6,9-10H2,1H3,(H,23,26)/t13-/m0/s1. The molecule has 27 heavy (non-hydrogen) atoms. The Morgan fingerprint density at radius 1 is 1.26 bits per heavy atom. The van der Waals surface area contributed by atoms with Crippen LogP contribution < -0.4 is 5.32 Å². The first-order chi connectivity index (χ1) is 13.0. The number of hydrogen-bond acceptors (Lipinski definition) is 4. The second-order valence-electron chi connectivity index (χ2n) is 7.50. The Labute approximate surface area is 156 Å². The second-order valence-corrected chi connectivity index (χ2v) is 7.50. The number of halogens is 1. The largest absolute Gasteiger partial charge is 0.341 e. The summed E-state index contributed by atoms with van der Waals surface area (Å²) in [5.41, 5.74) is 0.557. The fraction of sp³-hybridized carbons (Fsp3) is 0.474. The van der Waals surface area contributed by atoms with Crippen LogP contribution in [0, 0.1) is 11.2 Å². The summed E-state index contributed by atoms with van der Waals surface area (Å²) < 4.78 is 15.5. The van der Waals surface area contributed by atoms with Gasteiger partial charge in [0.05, 0.1) is 5.56 Å². The van der Waals surface area contributed by atoms with Crippen LogP contribution in [0.5, 0.6) is 0 Å². The van der Waals surface area contributed by atoms with Crippen molar-refractivity contribution in [1.82, 2.24) is 25.0 Å². The number of aromatic nitrogens is 3. The van der Waals surface area contributed by atoms with Crippen LogP contribution in [0.4, 0.5) is 4.39 Å². The summed E-state index contributed by atoms with van der Waals surface area (Å²) in [6.45, 7) is 3.14. The molecule has 2 amide bonds. The van der Waals surface area contributed by atoms with Crippen molar-refractivity contribution in [2.75, 3.05) is 13.1 Å². The number of nitrogens with one attached hydrogen (secondary N) is 1. The number of carbonyl (C=O) groups is 2. The molecule has 7 nitrogen and oxygen atoms in total. The van der Waals surface area contributed by atoms with Gasteiger partial charge in [0.1, 0.15) is 6.04 Å². The number of pyridine rings is 1. The van der Waals surface area contributed by atoms with Crippen LogP contribution >= 0.6 is 0 Å². The third kappa shape index (κ3) is 3.56. The number of hydrogen-bond donors (Lipinski definition) is 1. The molecule has 1 saturated heterocycles. The molecule has 2 fully saturated rings. The molecule has 142 valence electrons. The van der Waals surface area contributed by atoms with E-state index in [1.54, 1.807) is 19.2 Å². The molecule has 1 aliphatic heterocycles. The van der Waals surface area contributed by atoms with Crippen molar-refractivity contribution in [2.45, 2.75) is 38.6 Å². The number of piperidine rings is 1. The number of likely N-dealkylation sites (tertiary alicyclic amines) is 1. The Bertz CT molecular complexity index is 853. The maximum Gasteiger partial charge on any atom is 0.253 e. The lowest BCUT2D eigenvalue weighted by molar-refractivity contribution is -0.134. The van der Waals surface area contributed by atoms with Gasteiger partial charge in [0.15, 0.2) is 11.6 Å². The fourth-order valence-electron chi connectivity index (χ4n) is 3.61. The number of rotatable bonds is 4. The van der Waals surface area contributed by atoms with Crippen molar-refractivity contribution < 1.29 is 14.0 Å². The van der Waals surface area contributed by atoms with Crippen molar-refractivity contribution in [3.8, 4) is 5.82 Å². The van der Waals surface area contributed by atoms with Gasteiger partial charge >= 0.3 is 0 Å². The van der Waals surface area contributed by atoms with Crippen molar-refractivity contribution in [1.29, 1.82) is 0 Å². The summed E-state index contributed by atoms with van der Waals surface area (Å²) in [7, 11) is 0. The molecule has 0 bridgehead atoms. The highest BCUT2D eigenvalue weighted by molar-refractivity contribution is 5.97. The van der Waals surface area contributed by atoms with Crippen LogP contribution in [0.1, 0.15) is 43.0 Å². The van der Waals surface area contributed by atoms with Gasteiger partial charge in [-0.2, -0.15) is 5.10 Å². The second kappa shape index (κ2) is 6.75. The molecule has 1 atom stereocenters. The lowest BCUT2D eigenvalue weighted by atomic mass is 9.93. The van der Waals surface area contributed by atoms with Crippen LogP contribution in [-0.2, 0) is 4.79 Å². The van der Waals surface area contributed by atoms with Crippen LogP contribution in [-0.4, -0.2) is 50.6 Å². The van der Waals surface area contributed by atoms with Gasteiger partial charge in [-0.3, -0.25) is 9.59 Å². The first kappa shape index (κ1) is 17.6. The predicted molar refractivity (Wildman–Crippen MR) is 95.7 cm³/mol. The van der Waals surface area contributed by atoms with E-state index in [1.807, 2.05) is 4.90 Å². The third-order valence-electron chi connectivity index (χ3n) is 5.62. The maximum atomic E-state index is 14.3. The zero-order valence-corrected chi connectivity index (χ0v) is 15.2. The minimum absolute atomic E-state index is 0.0167. The number of carbonyl (C=O) groups excluding carboxylic acids is 2. The van der Waals surface area contributed by atoms with E-state index in [1.165, 1.54) is 29.9 Å². The summed E-state index contributed by atoms with van der Waals surface area (Å²) >= 11 is 0. The Hall–Kier alpha value is -2.77. The van der Waals surface area contributed by atoms with Gasteiger partial charge in [0.25, 0.3) is 5.91 Å². The van der Waals surface area contributed by atoms with E-state index in [2.05, 4.69) is 15.4 Å². The van der Waals surface area contributed by atoms with Crippen LogP contribution in [0.2, 0.25) is 0 Å². The van der Waals surface area contributed by atoms with E-state index in [9.17, 15) is 14.0 Å². The van der Waals surface area contributed by atoms with Crippen LogP contribution in [0.25, 0.3) is 5.82 Å². The summed E-state index contributed by atoms with van der Waals surface area (Å²) in [4.78, 5) is 30.8. The van der Waals surface area contributed by atoms with Crippen molar-refractivity contribution >= 4 is 11.8 Å². The lowest BCUT2D eigenvalue weighted by Crippen LogP contribution is -2.49. The highest BCUT2D eigenvalue weighted by Gasteiger charge is 2.45. The zero-order chi connectivity index (χ0) is 19.0. The fourth-order valence-corrected chi connectivity index (χ4v) is 3.61. The summed E-state index contributed by atoms with van der Waals surface area (Å²) in [5.74, 6) is -1.26. The van der Waals surface area contributed by atoms with E-state index in [0.717, 1.165) is 32.0 Å². The molecule has 1 saturated carbocycles. The highest BCUT2D eigenvalue weighted by atomic mass is 19.1. The van der Waals surface area contributed by atoms with Gasteiger partial charge in [-0.05, 0) is 50.2 Å². The molecule has 2 aromatic rings. The Morgan fingerprint density at radius 3 is 2.59 bits per heavy atom. The third-order valence-corrected chi connectivity index (χ3v) is 5.62. The van der Waals surface area contributed by atoms with Gasteiger partial charge < -0.3 is 10.2 Å². The van der Waals surface area contributed by atoms with Crippen LogP contribution in [0.15, 0.2) is 30.7 Å². The quantitative estimate of drug-likeness (QED) is 0.891. The topological polar surface area (TPSA) is 80.1 Å². The normalized spacial score (nSPS) is 19.0. The molecule has 4 rings (SSSR count). The van der Waals surface area contributed by atoms with Crippen molar-refractivity contribution in [2.24, 2.45) is 5.41 Å². The number of amides is 2. The molecule has 8 heteroatoms. The molecular formula is C19H22FN5O2. The smallest absolute Gasteiger partial charge is 0.253 e. The van der Waals surface area contributed by atoms with E-state index in [4.69, 9.17) is 0 Å². The first-order valence-corrected chi connectivity index (χ1v) is 9.23. The molecule has 1 aliphatic carbocycles. The van der Waals surface area contributed by atoms with Gasteiger partial charge in [0.2, 0.25) is 5.91 Å². The highest BCUT2D eigenvalue weighted by Crippen LogP contribution is 2.53. The Kier molecular flexibility index (Phi) is 4.41. The first-order valence-electron chi connectivity index (χ1n) is 9.23. The average molecular weight is 371 g/mol. The van der Waals surface area contributed by atoms with E-state index >= 15 is 0 Å². The summed E-state index contributed by atoms with van der Waals surface area (Å²) in [5, 5.41) is 6.58. The molecule has 0 radical (unpaired) electrons. The molecule has 2 aromatic heterocycles. The van der Waals surface area contributed by atoms with Crippen LogP contribution in [0.3, 0.4) is 0 Å². The minimum atomic E-state index is -0.667. The molecule has 2 aliphatic rings. The maximum absolute atomic E-state index is 14.3. The van der Waals surface area contributed by atoms with Gasteiger partial charge in [0, 0.05) is 31.7 Å². The Morgan fingerprint density at radius 2 is 2.00 bits per heavy atom. The number of nitrogens with zero attached hydrogens (tertiary/aromatic N) is 4. The van der Waals surface area contributed by atoms with E-state index < -0.39 is 17.8 Å². The van der Waals surface area contributed by atoms with E-state index in [0.29, 0.717) is 5.41 Å². The molecule has 1 N–H and O–H groups in total. The lowest BCUT2D eigenvalue weighted by Gasteiger charge is -2.33. The predicted octanol–water partition coefficient (Wildman–Crippen LogP) is 1.93. The molecule has 0 unspecified atom stereocenters. The minimum Gasteiger partial charge on any atom is -0.341 e. The van der Waals surface area contributed by atoms with Crippen molar-refractivity contribution in [3.05, 3.63) is 42.1 Å². The van der Waals surface area contributed by atoms with Gasteiger partial charge in [-0.1, -0.05) is 0 Å². The molecule has 0 aromatic carbocycles. The molecule has 3 heterocycles. The summed E-state index contributed by atoms with van der Waals surface area (Å²) in [6.07, 6.45) is 9.00. The molecular weight excluding hydrogens is 349 g/mol. The van der Waals surface area contributed by atoms with E-state index in [-0.39, 0.29) is 17.3 Å². The molecule has 1 spiro atoms. The van der Waals surface area contributed by atoms with Gasteiger partial charge in [-0.15, -0.1) is 0 Å². The van der Waals surface area contributed by atoms with Gasteiger partial charge in [-0.25, -0.2) is 14.1 Å².